The predicted octanol–water partition coefficient (Wildman–Crippen LogP) is 3.77. The highest BCUT2D eigenvalue weighted by Gasteiger charge is 2.21. The molecular weight excluding hydrogens is 304 g/mol. The summed E-state index contributed by atoms with van der Waals surface area (Å²) in [7, 11) is 3.11. The van der Waals surface area contributed by atoms with E-state index in [9.17, 15) is 9.90 Å². The number of carboxylic acids is 1. The lowest BCUT2D eigenvalue weighted by atomic mass is 9.92. The molecule has 5 heteroatoms. The van der Waals surface area contributed by atoms with Gasteiger partial charge in [-0.1, -0.05) is 29.8 Å². The van der Waals surface area contributed by atoms with E-state index in [2.05, 4.69) is 0 Å². The Hall–Kier alpha value is -2.20. The van der Waals surface area contributed by atoms with Crippen molar-refractivity contribution in [1.82, 2.24) is 0 Å². The average Bonchev–Trinajstić information content (AvgIpc) is 2.53. The zero-order chi connectivity index (χ0) is 16.1. The van der Waals surface area contributed by atoms with E-state index in [1.165, 1.54) is 0 Å². The van der Waals surface area contributed by atoms with Crippen molar-refractivity contribution in [2.75, 3.05) is 14.2 Å². The molecular formula is C17H17ClO4. The first kappa shape index (κ1) is 16.2. The summed E-state index contributed by atoms with van der Waals surface area (Å²) in [5.74, 6) is -0.322. The molecule has 0 aliphatic carbocycles. The second-order valence-electron chi connectivity index (χ2n) is 4.84. The summed E-state index contributed by atoms with van der Waals surface area (Å²) in [4.78, 5) is 11.6. The summed E-state index contributed by atoms with van der Waals surface area (Å²) in [6, 6.07) is 12.3. The van der Waals surface area contributed by atoms with Crippen molar-refractivity contribution in [3.05, 3.63) is 58.6 Å². The molecule has 22 heavy (non-hydrogen) atoms. The molecule has 2 rings (SSSR count). The molecule has 0 amide bonds. The first-order valence-corrected chi connectivity index (χ1v) is 7.12. The van der Waals surface area contributed by atoms with Gasteiger partial charge in [-0.2, -0.15) is 0 Å². The fraction of sp³-hybridized carbons (Fsp3) is 0.235. The Morgan fingerprint density at radius 2 is 1.73 bits per heavy atom. The van der Waals surface area contributed by atoms with E-state index < -0.39 is 11.9 Å². The van der Waals surface area contributed by atoms with Crippen LogP contribution in [-0.2, 0) is 11.2 Å². The van der Waals surface area contributed by atoms with Crippen LogP contribution >= 0.6 is 11.6 Å². The fourth-order valence-corrected chi connectivity index (χ4v) is 2.41. The van der Waals surface area contributed by atoms with Crippen molar-refractivity contribution in [1.29, 1.82) is 0 Å². The fourth-order valence-electron chi connectivity index (χ4n) is 2.29. The van der Waals surface area contributed by atoms with Gasteiger partial charge in [0, 0.05) is 5.02 Å². The van der Waals surface area contributed by atoms with E-state index in [0.29, 0.717) is 28.5 Å². The van der Waals surface area contributed by atoms with Crippen LogP contribution in [0.4, 0.5) is 0 Å². The van der Waals surface area contributed by atoms with Crippen LogP contribution in [0, 0.1) is 0 Å². The van der Waals surface area contributed by atoms with Crippen LogP contribution in [0.3, 0.4) is 0 Å². The van der Waals surface area contributed by atoms with E-state index in [-0.39, 0.29) is 0 Å². The maximum atomic E-state index is 11.6. The van der Waals surface area contributed by atoms with Crippen LogP contribution in [0.5, 0.6) is 11.5 Å². The number of hydrogen-bond acceptors (Lipinski definition) is 3. The van der Waals surface area contributed by atoms with E-state index in [0.717, 1.165) is 5.56 Å². The highest BCUT2D eigenvalue weighted by Crippen LogP contribution is 2.30. The average molecular weight is 321 g/mol. The molecule has 0 aliphatic heterocycles. The lowest BCUT2D eigenvalue weighted by Gasteiger charge is -2.15. The number of aliphatic carboxylic acids is 1. The number of carbonyl (C=O) groups is 1. The molecule has 0 aromatic heterocycles. The highest BCUT2D eigenvalue weighted by atomic mass is 35.5. The SMILES string of the molecule is COc1ccc(CC(C(=O)O)c2ccc(Cl)cc2)cc1OC. The van der Waals surface area contributed by atoms with Gasteiger partial charge in [0.15, 0.2) is 11.5 Å². The van der Waals surface area contributed by atoms with Gasteiger partial charge in [-0.25, -0.2) is 0 Å². The monoisotopic (exact) mass is 320 g/mol. The third-order valence-corrected chi connectivity index (χ3v) is 3.71. The van der Waals surface area contributed by atoms with Crippen molar-refractivity contribution in [2.24, 2.45) is 0 Å². The summed E-state index contributed by atoms with van der Waals surface area (Å²) in [6.07, 6.45) is 0.358. The number of hydrogen-bond donors (Lipinski definition) is 1. The molecule has 0 heterocycles. The van der Waals surface area contributed by atoms with Gasteiger partial charge in [0.25, 0.3) is 0 Å². The minimum absolute atomic E-state index is 0.358. The van der Waals surface area contributed by atoms with Gasteiger partial charge in [-0.05, 0) is 41.8 Å². The summed E-state index contributed by atoms with van der Waals surface area (Å²) < 4.78 is 10.4. The van der Waals surface area contributed by atoms with Crippen LogP contribution < -0.4 is 9.47 Å². The largest absolute Gasteiger partial charge is 0.493 e. The van der Waals surface area contributed by atoms with Gasteiger partial charge >= 0.3 is 5.97 Å². The molecule has 2 aromatic carbocycles. The van der Waals surface area contributed by atoms with Gasteiger partial charge in [-0.3, -0.25) is 4.79 Å². The zero-order valence-electron chi connectivity index (χ0n) is 12.4. The third kappa shape index (κ3) is 3.71. The number of benzene rings is 2. The number of rotatable bonds is 6. The molecule has 1 atom stereocenters. The Balaban J connectivity index is 2.28. The molecule has 0 spiro atoms. The van der Waals surface area contributed by atoms with Gasteiger partial charge in [0.2, 0.25) is 0 Å². The quantitative estimate of drug-likeness (QED) is 0.880. The van der Waals surface area contributed by atoms with Crippen molar-refractivity contribution >= 4 is 17.6 Å². The third-order valence-electron chi connectivity index (χ3n) is 3.46. The van der Waals surface area contributed by atoms with Crippen molar-refractivity contribution in [3.63, 3.8) is 0 Å². The molecule has 0 saturated carbocycles. The van der Waals surface area contributed by atoms with Crippen LogP contribution in [-0.4, -0.2) is 25.3 Å². The normalized spacial score (nSPS) is 11.8. The molecule has 1 N–H and O–H groups in total. The van der Waals surface area contributed by atoms with Crippen LogP contribution in [0.25, 0.3) is 0 Å². The first-order chi connectivity index (χ1) is 10.5. The molecule has 0 bridgehead atoms. The molecule has 4 nitrogen and oxygen atoms in total. The first-order valence-electron chi connectivity index (χ1n) is 6.74. The maximum absolute atomic E-state index is 11.6. The minimum atomic E-state index is -0.878. The molecule has 0 fully saturated rings. The van der Waals surface area contributed by atoms with Crippen molar-refractivity contribution in [3.8, 4) is 11.5 Å². The lowest BCUT2D eigenvalue weighted by Crippen LogP contribution is -2.14. The number of methoxy groups -OCH3 is 2. The van der Waals surface area contributed by atoms with Crippen LogP contribution in [0.2, 0.25) is 5.02 Å². The van der Waals surface area contributed by atoms with E-state index in [4.69, 9.17) is 21.1 Å². The van der Waals surface area contributed by atoms with E-state index in [1.807, 2.05) is 6.07 Å². The number of ether oxygens (including phenoxy) is 2. The maximum Gasteiger partial charge on any atom is 0.311 e. The molecule has 0 aliphatic rings. The van der Waals surface area contributed by atoms with E-state index >= 15 is 0 Å². The van der Waals surface area contributed by atoms with Gasteiger partial charge < -0.3 is 14.6 Å². The second kappa shape index (κ2) is 7.18. The summed E-state index contributed by atoms with van der Waals surface area (Å²) in [5, 5.41) is 10.1. The molecule has 1 unspecified atom stereocenters. The van der Waals surface area contributed by atoms with Gasteiger partial charge in [-0.15, -0.1) is 0 Å². The molecule has 116 valence electrons. The standard InChI is InChI=1S/C17H17ClO4/c1-21-15-8-3-11(10-16(15)22-2)9-14(17(19)20)12-4-6-13(18)7-5-12/h3-8,10,14H,9H2,1-2H3,(H,19,20). The number of halogens is 1. The number of carboxylic acid groups (broad SMARTS) is 1. The lowest BCUT2D eigenvalue weighted by molar-refractivity contribution is -0.138. The van der Waals surface area contributed by atoms with Crippen LogP contribution in [0.1, 0.15) is 17.0 Å². The Morgan fingerprint density at radius 1 is 1.09 bits per heavy atom. The van der Waals surface area contributed by atoms with Crippen molar-refractivity contribution < 1.29 is 19.4 Å². The van der Waals surface area contributed by atoms with E-state index in [1.54, 1.807) is 50.6 Å². The van der Waals surface area contributed by atoms with Crippen molar-refractivity contribution in [2.45, 2.75) is 12.3 Å². The predicted molar refractivity (Wildman–Crippen MR) is 85.1 cm³/mol. The summed E-state index contributed by atoms with van der Waals surface area (Å²) in [6.45, 7) is 0. The zero-order valence-corrected chi connectivity index (χ0v) is 13.1. The highest BCUT2D eigenvalue weighted by molar-refractivity contribution is 6.30. The summed E-state index contributed by atoms with van der Waals surface area (Å²) >= 11 is 5.85. The van der Waals surface area contributed by atoms with Gasteiger partial charge in [0.1, 0.15) is 0 Å². The Labute approximate surface area is 134 Å². The topological polar surface area (TPSA) is 55.8 Å². The molecule has 2 aromatic rings. The Morgan fingerprint density at radius 3 is 2.27 bits per heavy atom. The minimum Gasteiger partial charge on any atom is -0.493 e. The molecule has 0 saturated heterocycles. The second-order valence-corrected chi connectivity index (χ2v) is 5.27. The Bertz CT molecular complexity index is 652. The summed E-state index contributed by atoms with van der Waals surface area (Å²) in [5.41, 5.74) is 1.58. The smallest absolute Gasteiger partial charge is 0.311 e. The van der Waals surface area contributed by atoms with Crippen LogP contribution in [0.15, 0.2) is 42.5 Å². The van der Waals surface area contributed by atoms with Gasteiger partial charge in [0.05, 0.1) is 20.1 Å². The Kier molecular flexibility index (Phi) is 5.28. The molecule has 0 radical (unpaired) electrons.